The van der Waals surface area contributed by atoms with Gasteiger partial charge >= 0.3 is 0 Å². The zero-order valence-electron chi connectivity index (χ0n) is 16.1. The van der Waals surface area contributed by atoms with Crippen molar-refractivity contribution in [1.29, 1.82) is 0 Å². The summed E-state index contributed by atoms with van der Waals surface area (Å²) in [4.78, 5) is 12.3. The van der Waals surface area contributed by atoms with E-state index in [1.54, 1.807) is 0 Å². The van der Waals surface area contributed by atoms with E-state index < -0.39 is 0 Å². The van der Waals surface area contributed by atoms with Crippen LogP contribution in [-0.4, -0.2) is 21.9 Å². The predicted molar refractivity (Wildman–Crippen MR) is 119 cm³/mol. The van der Waals surface area contributed by atoms with Gasteiger partial charge in [0.15, 0.2) is 4.34 Å². The molecule has 0 aliphatic heterocycles. The molecule has 3 rings (SSSR count). The van der Waals surface area contributed by atoms with Crippen molar-refractivity contribution in [2.24, 2.45) is 0 Å². The van der Waals surface area contributed by atoms with E-state index >= 15 is 0 Å². The van der Waals surface area contributed by atoms with E-state index in [0.29, 0.717) is 15.8 Å². The first kappa shape index (κ1) is 20.6. The molecule has 1 aromatic heterocycles. The number of aromatic nitrogens is 2. The van der Waals surface area contributed by atoms with Gasteiger partial charge < -0.3 is 10.6 Å². The Morgan fingerprint density at radius 3 is 2.57 bits per heavy atom. The lowest BCUT2D eigenvalue weighted by atomic mass is 10.1. The van der Waals surface area contributed by atoms with Gasteiger partial charge in [-0.1, -0.05) is 46.8 Å². The summed E-state index contributed by atoms with van der Waals surface area (Å²) in [5.41, 5.74) is 6.09. The van der Waals surface area contributed by atoms with Gasteiger partial charge in [-0.15, -0.1) is 10.2 Å². The molecule has 0 saturated heterocycles. The van der Waals surface area contributed by atoms with Crippen LogP contribution in [0.4, 0.5) is 16.5 Å². The molecule has 2 N–H and O–H groups in total. The van der Waals surface area contributed by atoms with Gasteiger partial charge in [-0.25, -0.2) is 0 Å². The summed E-state index contributed by atoms with van der Waals surface area (Å²) in [5.74, 6) is 0.111. The quantitative estimate of drug-likeness (QED) is 0.474. The summed E-state index contributed by atoms with van der Waals surface area (Å²) in [6.07, 6.45) is 0. The third-order valence-corrected chi connectivity index (χ3v) is 6.46. The molecule has 0 spiro atoms. The molecule has 28 heavy (non-hydrogen) atoms. The number of nitrogens with zero attached hydrogens (tertiary/aromatic N) is 2. The molecule has 2 aromatic carbocycles. The smallest absolute Gasteiger partial charge is 0.234 e. The molecule has 146 valence electrons. The molecule has 0 saturated carbocycles. The highest BCUT2D eigenvalue weighted by Gasteiger charge is 2.12. The zero-order chi connectivity index (χ0) is 20.3. The van der Waals surface area contributed by atoms with Crippen LogP contribution in [0, 0.1) is 27.7 Å². The van der Waals surface area contributed by atoms with Crippen LogP contribution in [0.25, 0.3) is 0 Å². The Morgan fingerprint density at radius 2 is 1.86 bits per heavy atom. The molecule has 1 amide bonds. The van der Waals surface area contributed by atoms with Crippen molar-refractivity contribution >= 4 is 57.1 Å². The van der Waals surface area contributed by atoms with Gasteiger partial charge in [-0.05, 0) is 68.1 Å². The van der Waals surface area contributed by atoms with Crippen molar-refractivity contribution < 1.29 is 4.79 Å². The normalized spacial score (nSPS) is 10.8. The number of rotatable bonds is 6. The Morgan fingerprint density at radius 1 is 1.07 bits per heavy atom. The third kappa shape index (κ3) is 5.25. The summed E-state index contributed by atoms with van der Waals surface area (Å²) in [5, 5.41) is 15.7. The van der Waals surface area contributed by atoms with Crippen LogP contribution >= 0.6 is 34.7 Å². The van der Waals surface area contributed by atoms with Gasteiger partial charge in [0.05, 0.1) is 16.5 Å². The molecule has 0 unspecified atom stereocenters. The lowest BCUT2D eigenvalue weighted by Crippen LogP contribution is -2.15. The Kier molecular flexibility index (Phi) is 6.59. The Bertz CT molecular complexity index is 996. The van der Waals surface area contributed by atoms with Gasteiger partial charge in [0.1, 0.15) is 0 Å². The molecule has 0 bridgehead atoms. The predicted octanol–water partition coefficient (Wildman–Crippen LogP) is 5.90. The topological polar surface area (TPSA) is 66.9 Å². The van der Waals surface area contributed by atoms with Crippen molar-refractivity contribution in [3.8, 4) is 0 Å². The summed E-state index contributed by atoms with van der Waals surface area (Å²) in [6.45, 7) is 8.05. The highest BCUT2D eigenvalue weighted by molar-refractivity contribution is 8.01. The molecule has 0 radical (unpaired) electrons. The number of aryl methyl sites for hydroxylation is 4. The van der Waals surface area contributed by atoms with E-state index in [9.17, 15) is 4.79 Å². The minimum Gasteiger partial charge on any atom is -0.330 e. The van der Waals surface area contributed by atoms with Crippen LogP contribution in [0.3, 0.4) is 0 Å². The van der Waals surface area contributed by atoms with Crippen molar-refractivity contribution in [1.82, 2.24) is 10.2 Å². The molecule has 0 fully saturated rings. The van der Waals surface area contributed by atoms with Crippen molar-refractivity contribution in [3.05, 3.63) is 57.6 Å². The average molecular weight is 433 g/mol. The van der Waals surface area contributed by atoms with E-state index in [1.807, 2.05) is 32.0 Å². The molecule has 0 aliphatic rings. The maximum absolute atomic E-state index is 12.3. The first-order valence-electron chi connectivity index (χ1n) is 8.69. The number of nitrogens with one attached hydrogen (secondary N) is 2. The minimum absolute atomic E-state index is 0.127. The molecule has 5 nitrogen and oxygen atoms in total. The number of thioether (sulfide) groups is 1. The standard InChI is InChI=1S/C20H21ClN4OS2/c1-11-7-14(4)18(16(21)8-11)23-17(26)10-27-20-25-24-19(28-20)22-15-6-5-12(2)13(3)9-15/h5-9H,10H2,1-4H3,(H,22,24)(H,23,26). The lowest BCUT2D eigenvalue weighted by Gasteiger charge is -2.11. The Hall–Kier alpha value is -2.09. The number of amides is 1. The Labute approximate surface area is 177 Å². The number of benzene rings is 2. The molecular weight excluding hydrogens is 412 g/mol. The molecule has 0 atom stereocenters. The maximum atomic E-state index is 12.3. The van der Waals surface area contributed by atoms with E-state index in [2.05, 4.69) is 46.8 Å². The maximum Gasteiger partial charge on any atom is 0.234 e. The van der Waals surface area contributed by atoms with Crippen LogP contribution in [0.1, 0.15) is 22.3 Å². The van der Waals surface area contributed by atoms with Crippen molar-refractivity contribution in [2.45, 2.75) is 32.0 Å². The summed E-state index contributed by atoms with van der Waals surface area (Å²) in [7, 11) is 0. The number of carbonyl (C=O) groups is 1. The minimum atomic E-state index is -0.127. The molecule has 0 aliphatic carbocycles. The number of carbonyl (C=O) groups excluding carboxylic acids is 1. The van der Waals surface area contributed by atoms with Gasteiger partial charge in [0, 0.05) is 5.69 Å². The number of anilines is 3. The van der Waals surface area contributed by atoms with E-state index in [4.69, 9.17) is 11.6 Å². The molecule has 3 aromatic rings. The van der Waals surface area contributed by atoms with Gasteiger partial charge in [-0.3, -0.25) is 4.79 Å². The number of halogens is 1. The molecular formula is C20H21ClN4OS2. The van der Waals surface area contributed by atoms with E-state index in [0.717, 1.165) is 21.2 Å². The summed E-state index contributed by atoms with van der Waals surface area (Å²) in [6, 6.07) is 9.98. The summed E-state index contributed by atoms with van der Waals surface area (Å²) < 4.78 is 0.730. The molecule has 8 heteroatoms. The van der Waals surface area contributed by atoms with Gasteiger partial charge in [0.25, 0.3) is 0 Å². The second-order valence-corrected chi connectivity index (χ2v) is 9.18. The second-order valence-electron chi connectivity index (χ2n) is 6.57. The van der Waals surface area contributed by atoms with Crippen LogP contribution in [0.5, 0.6) is 0 Å². The zero-order valence-corrected chi connectivity index (χ0v) is 18.5. The second kappa shape index (κ2) is 8.94. The van der Waals surface area contributed by atoms with E-state index in [1.165, 1.54) is 34.2 Å². The van der Waals surface area contributed by atoms with Crippen LogP contribution in [0.15, 0.2) is 34.7 Å². The SMILES string of the molecule is Cc1cc(C)c(NC(=O)CSc2nnc(Nc3ccc(C)c(C)c3)s2)c(Cl)c1. The fourth-order valence-electron chi connectivity index (χ4n) is 2.64. The largest absolute Gasteiger partial charge is 0.330 e. The molecule has 1 heterocycles. The van der Waals surface area contributed by atoms with Crippen LogP contribution in [0.2, 0.25) is 5.02 Å². The van der Waals surface area contributed by atoms with Crippen molar-refractivity contribution in [2.75, 3.05) is 16.4 Å². The van der Waals surface area contributed by atoms with Gasteiger partial charge in [0.2, 0.25) is 11.0 Å². The van der Waals surface area contributed by atoms with Crippen molar-refractivity contribution in [3.63, 3.8) is 0 Å². The fraction of sp³-hybridized carbons (Fsp3) is 0.250. The monoisotopic (exact) mass is 432 g/mol. The fourth-order valence-corrected chi connectivity index (χ4v) is 4.58. The van der Waals surface area contributed by atoms with Gasteiger partial charge in [-0.2, -0.15) is 0 Å². The first-order chi connectivity index (χ1) is 13.3. The Balaban J connectivity index is 1.57. The summed E-state index contributed by atoms with van der Waals surface area (Å²) >= 11 is 9.01. The highest BCUT2D eigenvalue weighted by atomic mass is 35.5. The number of hydrogen-bond acceptors (Lipinski definition) is 6. The highest BCUT2D eigenvalue weighted by Crippen LogP contribution is 2.30. The van der Waals surface area contributed by atoms with Crippen LogP contribution in [-0.2, 0) is 4.79 Å². The van der Waals surface area contributed by atoms with E-state index in [-0.39, 0.29) is 11.7 Å². The lowest BCUT2D eigenvalue weighted by molar-refractivity contribution is -0.113. The first-order valence-corrected chi connectivity index (χ1v) is 10.9. The third-order valence-electron chi connectivity index (χ3n) is 4.19. The number of hydrogen-bond donors (Lipinski definition) is 2. The average Bonchev–Trinajstić information content (AvgIpc) is 3.07. The van der Waals surface area contributed by atoms with Crippen LogP contribution < -0.4 is 10.6 Å².